The molecule has 1 heterocycles. The van der Waals surface area contributed by atoms with Crippen LogP contribution in [-0.4, -0.2) is 4.98 Å². The molecule has 0 saturated heterocycles. The van der Waals surface area contributed by atoms with Crippen LogP contribution in [0.3, 0.4) is 0 Å². The number of hydrogen-bond acceptors (Lipinski definition) is 1. The first-order valence-electron chi connectivity index (χ1n) is 5.45. The van der Waals surface area contributed by atoms with Crippen LogP contribution < -0.4 is 0 Å². The third kappa shape index (κ3) is 2.05. The molecule has 0 bridgehead atoms. The highest BCUT2D eigenvalue weighted by Crippen LogP contribution is 2.27. The minimum atomic E-state index is 0.168. The molecule has 0 unspecified atom stereocenters. The topological polar surface area (TPSA) is 12.9 Å². The van der Waals surface area contributed by atoms with Crippen LogP contribution in [0.5, 0.6) is 0 Å². The van der Waals surface area contributed by atoms with E-state index in [1.807, 2.05) is 13.0 Å². The number of hydrogen-bond donors (Lipinski definition) is 0. The Balaban J connectivity index is 2.67. The van der Waals surface area contributed by atoms with Crippen molar-refractivity contribution in [1.29, 1.82) is 0 Å². The SMILES string of the molecule is Cc1cc2cc(C(C)(C)C)ccc2nc1Cl. The summed E-state index contributed by atoms with van der Waals surface area (Å²) in [5, 5.41) is 1.75. The van der Waals surface area contributed by atoms with E-state index in [0.29, 0.717) is 5.15 Å². The molecule has 2 heteroatoms. The van der Waals surface area contributed by atoms with E-state index in [9.17, 15) is 0 Å². The van der Waals surface area contributed by atoms with Gasteiger partial charge in [-0.3, -0.25) is 0 Å². The summed E-state index contributed by atoms with van der Waals surface area (Å²) in [5.74, 6) is 0. The van der Waals surface area contributed by atoms with Gasteiger partial charge in [-0.2, -0.15) is 0 Å². The Morgan fingerprint density at radius 1 is 1.12 bits per heavy atom. The van der Waals surface area contributed by atoms with Crippen molar-refractivity contribution in [2.75, 3.05) is 0 Å². The maximum Gasteiger partial charge on any atom is 0.132 e. The Morgan fingerprint density at radius 3 is 2.44 bits per heavy atom. The third-order valence-electron chi connectivity index (χ3n) is 2.81. The van der Waals surface area contributed by atoms with Crippen LogP contribution in [0.1, 0.15) is 31.9 Å². The van der Waals surface area contributed by atoms with Crippen molar-refractivity contribution < 1.29 is 0 Å². The Labute approximate surface area is 101 Å². The predicted octanol–water partition coefficient (Wildman–Crippen LogP) is 4.49. The molecule has 84 valence electrons. The molecule has 1 aromatic carbocycles. The maximum absolute atomic E-state index is 6.01. The van der Waals surface area contributed by atoms with Gasteiger partial charge in [-0.1, -0.05) is 38.4 Å². The number of aryl methyl sites for hydroxylation is 1. The van der Waals surface area contributed by atoms with Crippen molar-refractivity contribution in [3.05, 3.63) is 40.5 Å². The van der Waals surface area contributed by atoms with E-state index in [1.54, 1.807) is 0 Å². The number of pyridine rings is 1. The molecule has 0 aliphatic carbocycles. The molecular weight excluding hydrogens is 218 g/mol. The molecule has 0 spiro atoms. The Morgan fingerprint density at radius 2 is 1.81 bits per heavy atom. The van der Waals surface area contributed by atoms with Gasteiger partial charge in [-0.05, 0) is 41.7 Å². The van der Waals surface area contributed by atoms with Gasteiger partial charge in [0.05, 0.1) is 5.52 Å². The lowest BCUT2D eigenvalue weighted by atomic mass is 9.86. The Bertz CT molecular complexity index is 538. The molecule has 16 heavy (non-hydrogen) atoms. The van der Waals surface area contributed by atoms with E-state index < -0.39 is 0 Å². The Hall–Kier alpha value is -1.08. The van der Waals surface area contributed by atoms with Crippen molar-refractivity contribution in [2.45, 2.75) is 33.1 Å². The number of benzene rings is 1. The minimum Gasteiger partial charge on any atom is -0.236 e. The molecule has 0 radical (unpaired) electrons. The standard InChI is InChI=1S/C14H16ClN/c1-9-7-10-8-11(14(2,3)4)5-6-12(10)16-13(9)15/h5-8H,1-4H3. The second-order valence-corrected chi connectivity index (χ2v) is 5.61. The van der Waals surface area contributed by atoms with Crippen LogP contribution in [-0.2, 0) is 5.41 Å². The zero-order valence-electron chi connectivity index (χ0n) is 10.1. The molecule has 1 aromatic heterocycles. The van der Waals surface area contributed by atoms with E-state index in [2.05, 4.69) is 44.0 Å². The van der Waals surface area contributed by atoms with Gasteiger partial charge in [0.15, 0.2) is 0 Å². The van der Waals surface area contributed by atoms with Gasteiger partial charge in [0, 0.05) is 5.39 Å². The van der Waals surface area contributed by atoms with Crippen molar-refractivity contribution in [3.8, 4) is 0 Å². The smallest absolute Gasteiger partial charge is 0.132 e. The summed E-state index contributed by atoms with van der Waals surface area (Å²) in [5.41, 5.74) is 3.48. The number of halogens is 1. The molecule has 1 nitrogen and oxygen atoms in total. The summed E-state index contributed by atoms with van der Waals surface area (Å²) >= 11 is 6.01. The molecule has 2 rings (SSSR count). The molecule has 0 atom stereocenters. The van der Waals surface area contributed by atoms with Crippen LogP contribution in [0.4, 0.5) is 0 Å². The van der Waals surface area contributed by atoms with E-state index in [4.69, 9.17) is 11.6 Å². The van der Waals surface area contributed by atoms with Crippen LogP contribution in [0, 0.1) is 6.92 Å². The molecule has 0 amide bonds. The fraction of sp³-hybridized carbons (Fsp3) is 0.357. The summed E-state index contributed by atoms with van der Waals surface area (Å²) in [7, 11) is 0. The van der Waals surface area contributed by atoms with Gasteiger partial charge in [-0.25, -0.2) is 4.98 Å². The van der Waals surface area contributed by atoms with Crippen molar-refractivity contribution in [2.24, 2.45) is 0 Å². The van der Waals surface area contributed by atoms with Gasteiger partial charge < -0.3 is 0 Å². The first-order chi connectivity index (χ1) is 7.38. The van der Waals surface area contributed by atoms with Crippen molar-refractivity contribution >= 4 is 22.5 Å². The Kier molecular flexibility index (Phi) is 2.67. The minimum absolute atomic E-state index is 0.168. The number of nitrogens with zero attached hydrogens (tertiary/aromatic N) is 1. The van der Waals surface area contributed by atoms with E-state index in [1.165, 1.54) is 5.56 Å². The van der Waals surface area contributed by atoms with E-state index in [-0.39, 0.29) is 5.41 Å². The third-order valence-corrected chi connectivity index (χ3v) is 3.19. The average Bonchev–Trinajstić information content (AvgIpc) is 2.17. The molecule has 0 fully saturated rings. The van der Waals surface area contributed by atoms with Crippen molar-refractivity contribution in [3.63, 3.8) is 0 Å². The molecule has 2 aromatic rings. The van der Waals surface area contributed by atoms with Crippen LogP contribution in [0.15, 0.2) is 24.3 Å². The summed E-state index contributed by atoms with van der Waals surface area (Å²) in [6.45, 7) is 8.62. The second-order valence-electron chi connectivity index (χ2n) is 5.25. The molecular formula is C14H16ClN. The highest BCUT2D eigenvalue weighted by atomic mass is 35.5. The summed E-state index contributed by atoms with van der Waals surface area (Å²) in [6, 6.07) is 8.47. The fourth-order valence-corrected chi connectivity index (χ4v) is 1.87. The monoisotopic (exact) mass is 233 g/mol. The zero-order chi connectivity index (χ0) is 11.9. The summed E-state index contributed by atoms with van der Waals surface area (Å²) in [4.78, 5) is 4.36. The number of aromatic nitrogens is 1. The molecule has 0 aliphatic rings. The predicted molar refractivity (Wildman–Crippen MR) is 70.2 cm³/mol. The lowest BCUT2D eigenvalue weighted by molar-refractivity contribution is 0.591. The van der Waals surface area contributed by atoms with E-state index >= 15 is 0 Å². The second kappa shape index (κ2) is 3.74. The molecule has 0 saturated carbocycles. The average molecular weight is 234 g/mol. The lowest BCUT2D eigenvalue weighted by Crippen LogP contribution is -2.10. The molecule has 0 N–H and O–H groups in total. The summed E-state index contributed by atoms with van der Waals surface area (Å²) in [6.07, 6.45) is 0. The number of fused-ring (bicyclic) bond motifs is 1. The largest absolute Gasteiger partial charge is 0.236 e. The fourth-order valence-electron chi connectivity index (χ4n) is 1.73. The first-order valence-corrected chi connectivity index (χ1v) is 5.83. The van der Waals surface area contributed by atoms with Crippen LogP contribution >= 0.6 is 11.6 Å². The van der Waals surface area contributed by atoms with Gasteiger partial charge in [0.25, 0.3) is 0 Å². The number of rotatable bonds is 0. The summed E-state index contributed by atoms with van der Waals surface area (Å²) < 4.78 is 0. The highest BCUT2D eigenvalue weighted by molar-refractivity contribution is 6.30. The first kappa shape index (κ1) is 11.4. The normalized spacial score (nSPS) is 12.1. The highest BCUT2D eigenvalue weighted by Gasteiger charge is 2.14. The van der Waals surface area contributed by atoms with Crippen LogP contribution in [0.25, 0.3) is 10.9 Å². The van der Waals surface area contributed by atoms with Gasteiger partial charge in [0.1, 0.15) is 5.15 Å². The van der Waals surface area contributed by atoms with Gasteiger partial charge in [-0.15, -0.1) is 0 Å². The quantitative estimate of drug-likeness (QED) is 0.611. The molecule has 0 aliphatic heterocycles. The van der Waals surface area contributed by atoms with E-state index in [0.717, 1.165) is 16.5 Å². The van der Waals surface area contributed by atoms with Crippen LogP contribution in [0.2, 0.25) is 5.15 Å². The zero-order valence-corrected chi connectivity index (χ0v) is 10.9. The van der Waals surface area contributed by atoms with Gasteiger partial charge >= 0.3 is 0 Å². The lowest BCUT2D eigenvalue weighted by Gasteiger charge is -2.19. The van der Waals surface area contributed by atoms with Crippen molar-refractivity contribution in [1.82, 2.24) is 4.98 Å². The van der Waals surface area contributed by atoms with Gasteiger partial charge in [0.2, 0.25) is 0 Å². The maximum atomic E-state index is 6.01.